The van der Waals surface area contributed by atoms with Crippen LogP contribution in [0.4, 0.5) is 0 Å². The summed E-state index contributed by atoms with van der Waals surface area (Å²) in [7, 11) is 0. The molecule has 1 heterocycles. The molecule has 1 saturated carbocycles. The summed E-state index contributed by atoms with van der Waals surface area (Å²) in [5, 5.41) is 6.66. The molecule has 0 saturated heterocycles. The molecular weight excluding hydrogens is 310 g/mol. The van der Waals surface area contributed by atoms with Crippen LogP contribution in [0.1, 0.15) is 38.7 Å². The zero-order valence-corrected chi connectivity index (χ0v) is 14.9. The van der Waals surface area contributed by atoms with Crippen LogP contribution in [0.15, 0.2) is 47.1 Å². The summed E-state index contributed by atoms with van der Waals surface area (Å²) in [6, 6.07) is 12.6. The van der Waals surface area contributed by atoms with E-state index in [4.69, 9.17) is 4.42 Å². The van der Waals surface area contributed by atoms with Gasteiger partial charge in [-0.25, -0.2) is 0 Å². The number of furan rings is 1. The molecule has 25 heavy (non-hydrogen) atoms. The van der Waals surface area contributed by atoms with Crippen molar-refractivity contribution in [2.24, 2.45) is 11.8 Å². The molecule has 130 valence electrons. The van der Waals surface area contributed by atoms with Gasteiger partial charge in [-0.2, -0.15) is 0 Å². The lowest BCUT2D eigenvalue weighted by Gasteiger charge is -2.34. The highest BCUT2D eigenvalue weighted by atomic mass is 16.3. The first kappa shape index (κ1) is 16.2. The van der Waals surface area contributed by atoms with Crippen LogP contribution >= 0.6 is 0 Å². The zero-order chi connectivity index (χ0) is 17.4. The van der Waals surface area contributed by atoms with Gasteiger partial charge in [0.15, 0.2) is 0 Å². The topological polar surface area (TPSA) is 42.2 Å². The van der Waals surface area contributed by atoms with Gasteiger partial charge in [0.05, 0.1) is 12.7 Å². The van der Waals surface area contributed by atoms with Gasteiger partial charge in [-0.3, -0.25) is 4.79 Å². The average molecular weight is 335 g/mol. The van der Waals surface area contributed by atoms with E-state index in [0.29, 0.717) is 24.3 Å². The van der Waals surface area contributed by atoms with Crippen LogP contribution in [-0.4, -0.2) is 11.9 Å². The standard InChI is InChI=1S/C22H25NO2/c1-14-6-5-9-19(15(14)2)23-21(24)12-17-13-25-20-11-10-16-7-3-4-8-18(16)22(17)20/h3-4,7-8,10-11,13-15,19H,5-6,9,12H2,1-2H3,(H,23,24)/t14-,15-,19-/m1/s1. The number of carbonyl (C=O) groups excluding carboxylic acids is 1. The van der Waals surface area contributed by atoms with Crippen molar-refractivity contribution in [2.75, 3.05) is 0 Å². The Morgan fingerprint density at radius 1 is 1.16 bits per heavy atom. The highest BCUT2D eigenvalue weighted by Crippen LogP contribution is 2.31. The van der Waals surface area contributed by atoms with Crippen LogP contribution in [0.3, 0.4) is 0 Å². The third-order valence-electron chi connectivity index (χ3n) is 5.94. The van der Waals surface area contributed by atoms with Crippen LogP contribution < -0.4 is 5.32 Å². The van der Waals surface area contributed by atoms with Crippen molar-refractivity contribution in [1.82, 2.24) is 5.32 Å². The second kappa shape index (κ2) is 6.55. The molecule has 3 nitrogen and oxygen atoms in total. The minimum absolute atomic E-state index is 0.0987. The Labute approximate surface area is 148 Å². The maximum absolute atomic E-state index is 12.7. The summed E-state index contributed by atoms with van der Waals surface area (Å²) in [5.41, 5.74) is 1.82. The Hall–Kier alpha value is -2.29. The summed E-state index contributed by atoms with van der Waals surface area (Å²) >= 11 is 0. The molecule has 1 aromatic heterocycles. The molecular formula is C22H25NO2. The molecule has 1 aliphatic rings. The van der Waals surface area contributed by atoms with Crippen molar-refractivity contribution in [3.63, 3.8) is 0 Å². The largest absolute Gasteiger partial charge is 0.464 e. The van der Waals surface area contributed by atoms with Crippen LogP contribution in [-0.2, 0) is 11.2 Å². The molecule has 1 amide bonds. The zero-order valence-electron chi connectivity index (χ0n) is 14.9. The Morgan fingerprint density at radius 2 is 2.00 bits per heavy atom. The van der Waals surface area contributed by atoms with Gasteiger partial charge >= 0.3 is 0 Å². The third kappa shape index (κ3) is 3.04. The van der Waals surface area contributed by atoms with E-state index in [0.717, 1.165) is 28.3 Å². The van der Waals surface area contributed by atoms with E-state index in [-0.39, 0.29) is 5.91 Å². The number of rotatable bonds is 3. The van der Waals surface area contributed by atoms with Gasteiger partial charge in [-0.05, 0) is 35.1 Å². The van der Waals surface area contributed by atoms with Crippen molar-refractivity contribution in [1.29, 1.82) is 0 Å². The summed E-state index contributed by atoms with van der Waals surface area (Å²) in [6.45, 7) is 4.55. The fraction of sp³-hybridized carbons (Fsp3) is 0.409. The Bertz CT molecular complexity index is 911. The van der Waals surface area contributed by atoms with E-state index in [1.165, 1.54) is 18.2 Å². The van der Waals surface area contributed by atoms with E-state index in [1.807, 2.05) is 18.2 Å². The minimum Gasteiger partial charge on any atom is -0.464 e. The molecule has 0 unspecified atom stereocenters. The van der Waals surface area contributed by atoms with Gasteiger partial charge in [-0.15, -0.1) is 0 Å². The molecule has 0 radical (unpaired) electrons. The quantitative estimate of drug-likeness (QED) is 0.726. The molecule has 4 rings (SSSR count). The summed E-state index contributed by atoms with van der Waals surface area (Å²) < 4.78 is 5.71. The van der Waals surface area contributed by atoms with Crippen molar-refractivity contribution >= 4 is 27.6 Å². The number of carbonyl (C=O) groups is 1. The van der Waals surface area contributed by atoms with E-state index >= 15 is 0 Å². The van der Waals surface area contributed by atoms with Gasteiger partial charge in [0.2, 0.25) is 5.91 Å². The van der Waals surface area contributed by atoms with Crippen molar-refractivity contribution < 1.29 is 9.21 Å². The number of amides is 1. The molecule has 0 aliphatic heterocycles. The van der Waals surface area contributed by atoms with Gasteiger partial charge < -0.3 is 9.73 Å². The molecule has 3 aromatic rings. The molecule has 0 spiro atoms. The van der Waals surface area contributed by atoms with Crippen LogP contribution in [0, 0.1) is 11.8 Å². The highest BCUT2D eigenvalue weighted by Gasteiger charge is 2.28. The second-order valence-corrected chi connectivity index (χ2v) is 7.54. The van der Waals surface area contributed by atoms with Crippen molar-refractivity contribution in [3.05, 3.63) is 48.2 Å². The Balaban J connectivity index is 1.58. The fourth-order valence-corrected chi connectivity index (χ4v) is 4.22. The lowest BCUT2D eigenvalue weighted by atomic mass is 9.78. The first-order valence-corrected chi connectivity index (χ1v) is 9.30. The monoisotopic (exact) mass is 335 g/mol. The lowest BCUT2D eigenvalue weighted by Crippen LogP contribution is -2.44. The van der Waals surface area contributed by atoms with Gasteiger partial charge in [-0.1, -0.05) is 57.0 Å². The van der Waals surface area contributed by atoms with Crippen LogP contribution in [0.5, 0.6) is 0 Å². The smallest absolute Gasteiger partial charge is 0.224 e. The van der Waals surface area contributed by atoms with E-state index in [9.17, 15) is 4.79 Å². The number of benzene rings is 2. The average Bonchev–Trinajstić information content (AvgIpc) is 3.02. The predicted octanol–water partition coefficient (Wildman–Crippen LogP) is 5.07. The number of fused-ring (bicyclic) bond motifs is 3. The number of hydrogen-bond acceptors (Lipinski definition) is 2. The SMILES string of the molecule is C[C@@H]1[C@H](C)CCC[C@H]1NC(=O)Cc1coc2ccc3ccccc3c12. The minimum atomic E-state index is 0.0987. The van der Waals surface area contributed by atoms with Gasteiger partial charge in [0, 0.05) is 17.0 Å². The van der Waals surface area contributed by atoms with E-state index in [2.05, 4.69) is 37.4 Å². The Kier molecular flexibility index (Phi) is 4.24. The molecule has 1 N–H and O–H groups in total. The van der Waals surface area contributed by atoms with Crippen LogP contribution in [0.2, 0.25) is 0 Å². The summed E-state index contributed by atoms with van der Waals surface area (Å²) in [4.78, 5) is 12.7. The van der Waals surface area contributed by atoms with Crippen LogP contribution in [0.25, 0.3) is 21.7 Å². The molecule has 2 aromatic carbocycles. The summed E-state index contributed by atoms with van der Waals surface area (Å²) in [5.74, 6) is 1.32. The molecule has 3 atom stereocenters. The van der Waals surface area contributed by atoms with Crippen molar-refractivity contribution in [2.45, 2.75) is 45.6 Å². The van der Waals surface area contributed by atoms with Gasteiger partial charge in [0.1, 0.15) is 5.58 Å². The van der Waals surface area contributed by atoms with E-state index < -0.39 is 0 Å². The molecule has 1 aliphatic carbocycles. The highest BCUT2D eigenvalue weighted by molar-refractivity contribution is 6.08. The second-order valence-electron chi connectivity index (χ2n) is 7.54. The first-order valence-electron chi connectivity index (χ1n) is 9.30. The predicted molar refractivity (Wildman–Crippen MR) is 102 cm³/mol. The first-order chi connectivity index (χ1) is 12.1. The Morgan fingerprint density at radius 3 is 2.88 bits per heavy atom. The maximum atomic E-state index is 12.7. The molecule has 1 fully saturated rings. The molecule has 0 bridgehead atoms. The maximum Gasteiger partial charge on any atom is 0.224 e. The number of nitrogens with one attached hydrogen (secondary N) is 1. The third-order valence-corrected chi connectivity index (χ3v) is 5.94. The summed E-state index contributed by atoms with van der Waals surface area (Å²) in [6.07, 6.45) is 5.68. The number of hydrogen-bond donors (Lipinski definition) is 1. The van der Waals surface area contributed by atoms with Crippen molar-refractivity contribution in [3.8, 4) is 0 Å². The lowest BCUT2D eigenvalue weighted by molar-refractivity contribution is -0.121. The fourth-order valence-electron chi connectivity index (χ4n) is 4.22. The van der Waals surface area contributed by atoms with Gasteiger partial charge in [0.25, 0.3) is 0 Å². The molecule has 3 heteroatoms. The van der Waals surface area contributed by atoms with E-state index in [1.54, 1.807) is 6.26 Å². The normalized spacial score (nSPS) is 23.8.